The van der Waals surface area contributed by atoms with E-state index in [4.69, 9.17) is 0 Å². The van der Waals surface area contributed by atoms with Crippen LogP contribution in [0.3, 0.4) is 0 Å². The molecule has 0 saturated heterocycles. The molecule has 0 bridgehead atoms. The van der Waals surface area contributed by atoms with Crippen LogP contribution in [-0.4, -0.2) is 26.1 Å². The number of hydrogen-bond acceptors (Lipinski definition) is 3. The van der Waals surface area contributed by atoms with Crippen molar-refractivity contribution >= 4 is 5.97 Å². The van der Waals surface area contributed by atoms with Crippen LogP contribution in [0.1, 0.15) is 41.4 Å². The Morgan fingerprint density at radius 2 is 2.05 bits per heavy atom. The zero-order valence-electron chi connectivity index (χ0n) is 12.1. The van der Waals surface area contributed by atoms with Crippen molar-refractivity contribution in [1.82, 2.24) is 15.0 Å². The van der Waals surface area contributed by atoms with Crippen LogP contribution in [0.5, 0.6) is 0 Å². The van der Waals surface area contributed by atoms with E-state index in [1.807, 2.05) is 32.0 Å². The first kappa shape index (κ1) is 14.2. The van der Waals surface area contributed by atoms with Gasteiger partial charge in [0, 0.05) is 12.1 Å². The molecule has 20 heavy (non-hydrogen) atoms. The van der Waals surface area contributed by atoms with Crippen molar-refractivity contribution in [3.05, 3.63) is 35.0 Å². The normalized spacial score (nSPS) is 10.8. The van der Waals surface area contributed by atoms with Crippen molar-refractivity contribution in [2.75, 3.05) is 0 Å². The summed E-state index contributed by atoms with van der Waals surface area (Å²) in [7, 11) is 0. The average Bonchev–Trinajstić information content (AvgIpc) is 2.83. The van der Waals surface area contributed by atoms with E-state index in [9.17, 15) is 9.90 Å². The molecule has 0 aliphatic carbocycles. The van der Waals surface area contributed by atoms with Gasteiger partial charge in [0.15, 0.2) is 5.69 Å². The standard InChI is InChI=1S/C15H19N3O2/c1-4-5-8-18-14(13(15(19)20)16-17-18)12-7-6-10(2)11(3)9-12/h6-7,9H,4-5,8H2,1-3H3,(H,19,20). The number of nitrogens with zero attached hydrogens (tertiary/aromatic N) is 3. The summed E-state index contributed by atoms with van der Waals surface area (Å²) in [6, 6.07) is 5.91. The van der Waals surface area contributed by atoms with E-state index in [1.165, 1.54) is 5.56 Å². The molecule has 0 spiro atoms. The molecular formula is C15H19N3O2. The summed E-state index contributed by atoms with van der Waals surface area (Å²) < 4.78 is 1.69. The topological polar surface area (TPSA) is 68.0 Å². The largest absolute Gasteiger partial charge is 0.476 e. The molecular weight excluding hydrogens is 254 g/mol. The third-order valence-corrected chi connectivity index (χ3v) is 3.44. The van der Waals surface area contributed by atoms with E-state index in [0.717, 1.165) is 24.0 Å². The van der Waals surface area contributed by atoms with Crippen LogP contribution < -0.4 is 0 Å². The van der Waals surface area contributed by atoms with Gasteiger partial charge in [-0.25, -0.2) is 9.48 Å². The lowest BCUT2D eigenvalue weighted by Crippen LogP contribution is -2.05. The lowest BCUT2D eigenvalue weighted by Gasteiger charge is -2.08. The highest BCUT2D eigenvalue weighted by Gasteiger charge is 2.20. The van der Waals surface area contributed by atoms with E-state index < -0.39 is 5.97 Å². The summed E-state index contributed by atoms with van der Waals surface area (Å²) in [4.78, 5) is 11.3. The molecule has 1 aromatic carbocycles. The first-order chi connectivity index (χ1) is 9.54. The van der Waals surface area contributed by atoms with Crippen molar-refractivity contribution in [3.8, 4) is 11.3 Å². The van der Waals surface area contributed by atoms with E-state index in [2.05, 4.69) is 17.2 Å². The average molecular weight is 273 g/mol. The van der Waals surface area contributed by atoms with Crippen LogP contribution in [0, 0.1) is 13.8 Å². The summed E-state index contributed by atoms with van der Waals surface area (Å²) in [5.74, 6) is -1.04. The monoisotopic (exact) mass is 273 g/mol. The Bertz CT molecular complexity index is 632. The van der Waals surface area contributed by atoms with Crippen LogP contribution in [0.2, 0.25) is 0 Å². The summed E-state index contributed by atoms with van der Waals surface area (Å²) in [6.45, 7) is 6.81. The van der Waals surface area contributed by atoms with Gasteiger partial charge in [-0.1, -0.05) is 30.7 Å². The van der Waals surface area contributed by atoms with E-state index in [0.29, 0.717) is 12.2 Å². The SMILES string of the molecule is CCCCn1nnc(C(=O)O)c1-c1ccc(C)c(C)c1. The number of hydrogen-bond donors (Lipinski definition) is 1. The van der Waals surface area contributed by atoms with Crippen molar-refractivity contribution in [3.63, 3.8) is 0 Å². The summed E-state index contributed by atoms with van der Waals surface area (Å²) in [6.07, 6.45) is 1.97. The van der Waals surface area contributed by atoms with Crippen LogP contribution in [-0.2, 0) is 6.54 Å². The maximum absolute atomic E-state index is 11.3. The fraction of sp³-hybridized carbons (Fsp3) is 0.400. The van der Waals surface area contributed by atoms with E-state index in [-0.39, 0.29) is 5.69 Å². The molecule has 1 aromatic heterocycles. The van der Waals surface area contributed by atoms with Crippen molar-refractivity contribution in [1.29, 1.82) is 0 Å². The fourth-order valence-electron chi connectivity index (χ4n) is 2.10. The second-order valence-electron chi connectivity index (χ2n) is 4.97. The molecule has 1 heterocycles. The quantitative estimate of drug-likeness (QED) is 0.909. The van der Waals surface area contributed by atoms with Crippen molar-refractivity contribution in [2.45, 2.75) is 40.2 Å². The Balaban J connectivity index is 2.53. The first-order valence-corrected chi connectivity index (χ1v) is 6.79. The van der Waals surface area contributed by atoms with Gasteiger partial charge in [-0.05, 0) is 37.5 Å². The number of carboxylic acid groups (broad SMARTS) is 1. The van der Waals surface area contributed by atoms with Crippen LogP contribution in [0.25, 0.3) is 11.3 Å². The number of aryl methyl sites for hydroxylation is 3. The van der Waals surface area contributed by atoms with Crippen molar-refractivity contribution < 1.29 is 9.90 Å². The zero-order valence-corrected chi connectivity index (χ0v) is 12.1. The molecule has 0 amide bonds. The molecule has 0 unspecified atom stereocenters. The Hall–Kier alpha value is -2.17. The molecule has 0 fully saturated rings. The second kappa shape index (κ2) is 5.86. The highest BCUT2D eigenvalue weighted by atomic mass is 16.4. The lowest BCUT2D eigenvalue weighted by molar-refractivity contribution is 0.0691. The second-order valence-corrected chi connectivity index (χ2v) is 4.97. The van der Waals surface area contributed by atoms with Crippen LogP contribution >= 0.6 is 0 Å². The predicted molar refractivity (Wildman–Crippen MR) is 76.8 cm³/mol. The van der Waals surface area contributed by atoms with Gasteiger partial charge in [0.25, 0.3) is 0 Å². The highest BCUT2D eigenvalue weighted by molar-refractivity contribution is 5.92. The molecule has 0 atom stereocenters. The number of benzene rings is 1. The Labute approximate surface area is 118 Å². The molecule has 0 aliphatic rings. The molecule has 0 aliphatic heterocycles. The lowest BCUT2D eigenvalue weighted by atomic mass is 10.0. The number of aromatic nitrogens is 3. The first-order valence-electron chi connectivity index (χ1n) is 6.79. The van der Waals surface area contributed by atoms with E-state index in [1.54, 1.807) is 4.68 Å². The Morgan fingerprint density at radius 3 is 2.65 bits per heavy atom. The molecule has 2 rings (SSSR count). The minimum Gasteiger partial charge on any atom is -0.476 e. The number of unbranched alkanes of at least 4 members (excludes halogenated alkanes) is 1. The predicted octanol–water partition coefficient (Wildman–Crippen LogP) is 3.06. The van der Waals surface area contributed by atoms with Crippen LogP contribution in [0.4, 0.5) is 0 Å². The molecule has 106 valence electrons. The third-order valence-electron chi connectivity index (χ3n) is 3.44. The number of aromatic carboxylic acids is 1. The molecule has 1 N–H and O–H groups in total. The molecule has 0 radical (unpaired) electrons. The number of rotatable bonds is 5. The van der Waals surface area contributed by atoms with Gasteiger partial charge in [0.1, 0.15) is 5.69 Å². The third kappa shape index (κ3) is 2.71. The zero-order chi connectivity index (χ0) is 14.7. The number of carboxylic acids is 1. The minimum atomic E-state index is -1.04. The summed E-state index contributed by atoms with van der Waals surface area (Å²) in [5, 5.41) is 17.1. The summed E-state index contributed by atoms with van der Waals surface area (Å²) >= 11 is 0. The van der Waals surface area contributed by atoms with Gasteiger partial charge in [0.05, 0.1) is 0 Å². The van der Waals surface area contributed by atoms with E-state index >= 15 is 0 Å². The minimum absolute atomic E-state index is 0.0179. The van der Waals surface area contributed by atoms with Gasteiger partial charge in [-0.3, -0.25) is 0 Å². The van der Waals surface area contributed by atoms with Gasteiger partial charge in [0.2, 0.25) is 0 Å². The molecule has 2 aromatic rings. The smallest absolute Gasteiger partial charge is 0.358 e. The maximum atomic E-state index is 11.3. The molecule has 5 nitrogen and oxygen atoms in total. The van der Waals surface area contributed by atoms with Gasteiger partial charge in [-0.15, -0.1) is 5.10 Å². The Kier molecular flexibility index (Phi) is 4.17. The fourth-order valence-corrected chi connectivity index (χ4v) is 2.10. The maximum Gasteiger partial charge on any atom is 0.358 e. The van der Waals surface area contributed by atoms with Crippen molar-refractivity contribution in [2.24, 2.45) is 0 Å². The van der Waals surface area contributed by atoms with Gasteiger partial charge >= 0.3 is 5.97 Å². The van der Waals surface area contributed by atoms with Gasteiger partial charge < -0.3 is 5.11 Å². The summed E-state index contributed by atoms with van der Waals surface area (Å²) in [5.41, 5.74) is 3.77. The highest BCUT2D eigenvalue weighted by Crippen LogP contribution is 2.25. The molecule has 5 heteroatoms. The Morgan fingerprint density at radius 1 is 1.30 bits per heavy atom. The molecule has 0 saturated carbocycles. The van der Waals surface area contributed by atoms with Gasteiger partial charge in [-0.2, -0.15) is 0 Å². The number of carbonyl (C=O) groups is 1. The van der Waals surface area contributed by atoms with Crippen LogP contribution in [0.15, 0.2) is 18.2 Å².